The van der Waals surface area contributed by atoms with E-state index >= 15 is 0 Å². The molecular weight excluding hydrogens is 302 g/mol. The summed E-state index contributed by atoms with van der Waals surface area (Å²) >= 11 is 0. The molecule has 3 aromatic carbocycles. The highest BCUT2D eigenvalue weighted by Gasteiger charge is 2.18. The van der Waals surface area contributed by atoms with Gasteiger partial charge in [-0.15, -0.1) is 0 Å². The summed E-state index contributed by atoms with van der Waals surface area (Å²) in [5.74, 6) is 0. The zero-order valence-corrected chi connectivity index (χ0v) is 13.8. The van der Waals surface area contributed by atoms with E-state index in [9.17, 15) is 0 Å². The van der Waals surface area contributed by atoms with Gasteiger partial charge in [-0.2, -0.15) is 0 Å². The molecule has 0 spiro atoms. The molecule has 0 saturated carbocycles. The molecule has 5 rings (SSSR count). The van der Waals surface area contributed by atoms with Crippen molar-refractivity contribution in [1.29, 1.82) is 0 Å². The van der Waals surface area contributed by atoms with E-state index < -0.39 is 0 Å². The van der Waals surface area contributed by atoms with E-state index in [-0.39, 0.29) is 0 Å². The Morgan fingerprint density at radius 1 is 0.720 bits per heavy atom. The minimum atomic E-state index is 0.952. The van der Waals surface area contributed by atoms with Crippen LogP contribution < -0.4 is 0 Å². The topological polar surface area (TPSA) is 12.9 Å². The maximum Gasteiger partial charge on any atom is 0.0665 e. The van der Waals surface area contributed by atoms with Crippen molar-refractivity contribution >= 4 is 22.4 Å². The van der Waals surface area contributed by atoms with Crippen molar-refractivity contribution in [2.75, 3.05) is 0 Å². The summed E-state index contributed by atoms with van der Waals surface area (Å²) in [5, 5.41) is 2.56. The Bertz CT molecular complexity index is 1110. The number of hydrogen-bond acceptors (Lipinski definition) is 1. The summed E-state index contributed by atoms with van der Waals surface area (Å²) in [6.07, 6.45) is 5.12. The van der Waals surface area contributed by atoms with Crippen LogP contribution in [-0.4, -0.2) is 4.98 Å². The second-order valence-electron chi connectivity index (χ2n) is 6.50. The summed E-state index contributed by atoms with van der Waals surface area (Å²) in [6, 6.07) is 28.0. The second-order valence-corrected chi connectivity index (χ2v) is 6.50. The molecule has 1 aliphatic rings. The van der Waals surface area contributed by atoms with E-state index in [0.29, 0.717) is 0 Å². The molecule has 1 aliphatic carbocycles. The van der Waals surface area contributed by atoms with Gasteiger partial charge in [0.15, 0.2) is 0 Å². The Kier molecular flexibility index (Phi) is 3.24. The maximum absolute atomic E-state index is 4.52. The van der Waals surface area contributed by atoms with Gasteiger partial charge in [-0.1, -0.05) is 60.7 Å². The van der Waals surface area contributed by atoms with Gasteiger partial charge in [0, 0.05) is 12.6 Å². The van der Waals surface area contributed by atoms with Gasteiger partial charge >= 0.3 is 0 Å². The van der Waals surface area contributed by atoms with Crippen molar-refractivity contribution in [3.05, 3.63) is 102 Å². The van der Waals surface area contributed by atoms with E-state index in [4.69, 9.17) is 0 Å². The predicted molar refractivity (Wildman–Crippen MR) is 105 cm³/mol. The molecule has 0 radical (unpaired) electrons. The minimum absolute atomic E-state index is 0.952. The third kappa shape index (κ3) is 2.45. The number of hydrogen-bond donors (Lipinski definition) is 0. The predicted octanol–water partition coefficient (Wildman–Crippen LogP) is 6.00. The van der Waals surface area contributed by atoms with E-state index in [1.54, 1.807) is 0 Å². The molecule has 0 aliphatic heterocycles. The van der Waals surface area contributed by atoms with E-state index in [1.807, 2.05) is 12.3 Å². The highest BCUT2D eigenvalue weighted by molar-refractivity contribution is 5.95. The van der Waals surface area contributed by atoms with Crippen LogP contribution >= 0.6 is 0 Å². The first-order chi connectivity index (χ1) is 12.4. The summed E-state index contributed by atoms with van der Waals surface area (Å²) in [6.45, 7) is 0. The molecule has 4 aromatic rings. The Balaban J connectivity index is 1.64. The van der Waals surface area contributed by atoms with Crippen LogP contribution in [0.4, 0.5) is 0 Å². The SMILES string of the molecule is C1=C(c2ccccn2)Cc2cccc(-c3ccc4ccccc4c3)c21. The number of aromatic nitrogens is 1. The van der Waals surface area contributed by atoms with Crippen LogP contribution in [0.25, 0.3) is 33.5 Å². The normalized spacial score (nSPS) is 12.9. The molecule has 1 heteroatoms. The largest absolute Gasteiger partial charge is 0.257 e. The molecule has 0 bridgehead atoms. The van der Waals surface area contributed by atoms with Gasteiger partial charge in [-0.25, -0.2) is 0 Å². The van der Waals surface area contributed by atoms with Crippen LogP contribution in [0, 0.1) is 0 Å². The number of fused-ring (bicyclic) bond motifs is 2. The molecule has 0 atom stereocenters. The van der Waals surface area contributed by atoms with E-state index in [0.717, 1.165) is 12.1 Å². The second kappa shape index (κ2) is 5.71. The van der Waals surface area contributed by atoms with E-state index in [2.05, 4.69) is 83.9 Å². The zero-order chi connectivity index (χ0) is 16.6. The summed E-state index contributed by atoms with van der Waals surface area (Å²) in [7, 11) is 0. The lowest BCUT2D eigenvalue weighted by molar-refractivity contribution is 1.22. The smallest absolute Gasteiger partial charge is 0.0665 e. The Hall–Kier alpha value is -3.19. The lowest BCUT2D eigenvalue weighted by Gasteiger charge is -2.09. The molecule has 118 valence electrons. The molecule has 1 heterocycles. The summed E-state index contributed by atoms with van der Waals surface area (Å²) in [4.78, 5) is 4.52. The van der Waals surface area contributed by atoms with Gasteiger partial charge in [-0.3, -0.25) is 4.98 Å². The van der Waals surface area contributed by atoms with Crippen molar-refractivity contribution in [2.45, 2.75) is 6.42 Å². The number of benzene rings is 3. The van der Waals surface area contributed by atoms with E-state index in [1.165, 1.54) is 38.6 Å². The Morgan fingerprint density at radius 2 is 1.60 bits per heavy atom. The van der Waals surface area contributed by atoms with Crippen molar-refractivity contribution in [1.82, 2.24) is 4.98 Å². The van der Waals surface area contributed by atoms with Gasteiger partial charge < -0.3 is 0 Å². The molecule has 0 saturated heterocycles. The molecular formula is C24H17N. The first kappa shape index (κ1) is 14.2. The lowest BCUT2D eigenvalue weighted by atomic mass is 9.95. The third-order valence-electron chi connectivity index (χ3n) is 4.95. The van der Waals surface area contributed by atoms with Gasteiger partial charge in [0.2, 0.25) is 0 Å². The van der Waals surface area contributed by atoms with Gasteiger partial charge in [0.05, 0.1) is 5.69 Å². The molecule has 25 heavy (non-hydrogen) atoms. The summed E-state index contributed by atoms with van der Waals surface area (Å²) < 4.78 is 0. The fraction of sp³-hybridized carbons (Fsp3) is 0.0417. The Labute approximate surface area is 147 Å². The third-order valence-corrected chi connectivity index (χ3v) is 4.95. The zero-order valence-electron chi connectivity index (χ0n) is 13.8. The van der Waals surface area contributed by atoms with Crippen molar-refractivity contribution in [2.24, 2.45) is 0 Å². The monoisotopic (exact) mass is 319 g/mol. The van der Waals surface area contributed by atoms with Crippen LogP contribution in [0.3, 0.4) is 0 Å². The van der Waals surface area contributed by atoms with Crippen molar-refractivity contribution < 1.29 is 0 Å². The first-order valence-corrected chi connectivity index (χ1v) is 8.61. The van der Waals surface area contributed by atoms with Crippen molar-refractivity contribution in [3.63, 3.8) is 0 Å². The molecule has 0 fully saturated rings. The standard InChI is InChI=1S/C24H17N/c1-2-7-18-14-20(12-11-17(18)6-1)22-9-5-8-19-15-21(16-23(19)22)24-10-3-4-13-25-24/h1-14,16H,15H2. The minimum Gasteiger partial charge on any atom is -0.257 e. The van der Waals surface area contributed by atoms with Crippen LogP contribution in [0.1, 0.15) is 16.8 Å². The number of rotatable bonds is 2. The molecule has 0 N–H and O–H groups in total. The summed E-state index contributed by atoms with van der Waals surface area (Å²) in [5.41, 5.74) is 7.65. The molecule has 0 amide bonds. The molecule has 1 nitrogen and oxygen atoms in total. The Morgan fingerprint density at radius 3 is 2.48 bits per heavy atom. The van der Waals surface area contributed by atoms with Gasteiger partial charge in [0.25, 0.3) is 0 Å². The average molecular weight is 319 g/mol. The molecule has 1 aromatic heterocycles. The average Bonchev–Trinajstić information content (AvgIpc) is 3.13. The van der Waals surface area contributed by atoms with Crippen LogP contribution in [0.5, 0.6) is 0 Å². The van der Waals surface area contributed by atoms with Gasteiger partial charge in [-0.05, 0) is 62.9 Å². The lowest BCUT2D eigenvalue weighted by Crippen LogP contribution is -1.89. The fourth-order valence-electron chi connectivity index (χ4n) is 3.69. The quantitative estimate of drug-likeness (QED) is 0.441. The highest BCUT2D eigenvalue weighted by Crippen LogP contribution is 2.37. The van der Waals surface area contributed by atoms with Crippen molar-refractivity contribution in [3.8, 4) is 11.1 Å². The first-order valence-electron chi connectivity index (χ1n) is 8.61. The maximum atomic E-state index is 4.52. The number of pyridine rings is 1. The fourth-order valence-corrected chi connectivity index (χ4v) is 3.69. The highest BCUT2D eigenvalue weighted by atomic mass is 14.7. The number of nitrogens with zero attached hydrogens (tertiary/aromatic N) is 1. The van der Waals surface area contributed by atoms with Crippen LogP contribution in [-0.2, 0) is 6.42 Å². The van der Waals surface area contributed by atoms with Crippen LogP contribution in [0.15, 0.2) is 85.1 Å². The number of allylic oxidation sites excluding steroid dienone is 1. The van der Waals surface area contributed by atoms with Gasteiger partial charge in [0.1, 0.15) is 0 Å². The molecule has 0 unspecified atom stereocenters. The van der Waals surface area contributed by atoms with Crippen LogP contribution in [0.2, 0.25) is 0 Å².